The smallest absolute Gasteiger partial charge is 0.305 e. The highest BCUT2D eigenvalue weighted by atomic mass is 16.6. The highest BCUT2D eigenvalue weighted by molar-refractivity contribution is 5.70. The van der Waals surface area contributed by atoms with Crippen LogP contribution in [0.1, 0.15) is 64.2 Å². The number of unbranched alkanes of at least 4 members (excludes halogenated alkanes) is 1. The zero-order valence-corrected chi connectivity index (χ0v) is 15.4. The summed E-state index contributed by atoms with van der Waals surface area (Å²) in [6.07, 6.45) is 10.4. The Morgan fingerprint density at radius 2 is 1.15 bits per heavy atom. The first kappa shape index (κ1) is 18.2. The lowest BCUT2D eigenvalue weighted by Gasteiger charge is -2.18. The second kappa shape index (κ2) is 8.26. The fourth-order valence-electron chi connectivity index (χ4n) is 4.38. The van der Waals surface area contributed by atoms with Crippen LogP contribution >= 0.6 is 0 Å². The maximum Gasteiger partial charge on any atom is 0.305 e. The topological polar surface area (TPSA) is 77.7 Å². The molecule has 6 atom stereocenters. The summed E-state index contributed by atoms with van der Waals surface area (Å²) in [6, 6.07) is 0. The molecule has 6 unspecified atom stereocenters. The second-order valence-corrected chi connectivity index (χ2v) is 8.36. The standard InChI is InChI=1S/C20H30O6/c21-19(23-11-13-5-7-15-17(9-13)25-15)3-1-2-4-20(22)24-12-14-6-8-16-18(10-14)26-16/h13-18H,1-12H2. The van der Waals surface area contributed by atoms with Crippen LogP contribution < -0.4 is 0 Å². The Hall–Kier alpha value is -1.14. The van der Waals surface area contributed by atoms with Crippen molar-refractivity contribution in [3.63, 3.8) is 0 Å². The number of epoxide rings is 2. The Labute approximate surface area is 154 Å². The van der Waals surface area contributed by atoms with Gasteiger partial charge in [0.25, 0.3) is 0 Å². The number of fused-ring (bicyclic) bond motifs is 2. The molecule has 0 bridgehead atoms. The molecule has 26 heavy (non-hydrogen) atoms. The van der Waals surface area contributed by atoms with Gasteiger partial charge >= 0.3 is 11.9 Å². The van der Waals surface area contributed by atoms with E-state index in [1.165, 1.54) is 0 Å². The Morgan fingerprint density at radius 3 is 1.58 bits per heavy atom. The van der Waals surface area contributed by atoms with Crippen molar-refractivity contribution < 1.29 is 28.5 Å². The summed E-state index contributed by atoms with van der Waals surface area (Å²) in [4.78, 5) is 23.6. The van der Waals surface area contributed by atoms with Crippen LogP contribution in [0.2, 0.25) is 0 Å². The van der Waals surface area contributed by atoms with E-state index in [4.69, 9.17) is 18.9 Å². The Bertz CT molecular complexity index is 474. The van der Waals surface area contributed by atoms with Gasteiger partial charge in [-0.25, -0.2) is 0 Å². The molecule has 0 amide bonds. The van der Waals surface area contributed by atoms with Gasteiger partial charge in [-0.2, -0.15) is 0 Å². The van der Waals surface area contributed by atoms with Crippen molar-refractivity contribution in [2.75, 3.05) is 13.2 Å². The largest absolute Gasteiger partial charge is 0.465 e. The summed E-state index contributed by atoms with van der Waals surface area (Å²) in [6.45, 7) is 1.03. The highest BCUT2D eigenvalue weighted by Gasteiger charge is 2.44. The van der Waals surface area contributed by atoms with Gasteiger partial charge in [0, 0.05) is 12.8 Å². The number of hydrogen-bond donors (Lipinski definition) is 0. The Balaban J connectivity index is 0.992. The van der Waals surface area contributed by atoms with Gasteiger partial charge in [0.1, 0.15) is 0 Å². The monoisotopic (exact) mass is 366 g/mol. The number of carbonyl (C=O) groups is 2. The molecule has 4 fully saturated rings. The number of ether oxygens (including phenoxy) is 4. The van der Waals surface area contributed by atoms with Crippen molar-refractivity contribution in [3.05, 3.63) is 0 Å². The molecule has 0 aromatic rings. The first-order chi connectivity index (χ1) is 12.7. The predicted octanol–water partition coefficient (Wildman–Crippen LogP) is 2.77. The van der Waals surface area contributed by atoms with Crippen LogP contribution in [0.25, 0.3) is 0 Å². The first-order valence-corrected chi connectivity index (χ1v) is 10.3. The lowest BCUT2D eigenvalue weighted by molar-refractivity contribution is -0.147. The molecule has 0 radical (unpaired) electrons. The van der Waals surface area contributed by atoms with Gasteiger partial charge < -0.3 is 18.9 Å². The van der Waals surface area contributed by atoms with Crippen molar-refractivity contribution in [2.45, 2.75) is 88.6 Å². The van der Waals surface area contributed by atoms with Gasteiger partial charge in [0.15, 0.2) is 0 Å². The van der Waals surface area contributed by atoms with Crippen LogP contribution in [0.4, 0.5) is 0 Å². The third kappa shape index (κ3) is 5.19. The summed E-state index contributed by atoms with van der Waals surface area (Å²) in [5.74, 6) is 0.597. The molecule has 0 aromatic carbocycles. The lowest BCUT2D eigenvalue weighted by Crippen LogP contribution is -2.20. The van der Waals surface area contributed by atoms with Crippen LogP contribution in [0.3, 0.4) is 0 Å². The maximum atomic E-state index is 11.8. The van der Waals surface area contributed by atoms with E-state index >= 15 is 0 Å². The molecule has 2 saturated carbocycles. The van der Waals surface area contributed by atoms with E-state index in [1.807, 2.05) is 0 Å². The number of carbonyl (C=O) groups excluding carboxylic acids is 2. The van der Waals surface area contributed by atoms with Crippen LogP contribution in [0.5, 0.6) is 0 Å². The molecule has 6 heteroatoms. The van der Waals surface area contributed by atoms with E-state index in [2.05, 4.69) is 0 Å². The Morgan fingerprint density at radius 1 is 0.692 bits per heavy atom. The molecule has 4 aliphatic rings. The fourth-order valence-corrected chi connectivity index (χ4v) is 4.38. The van der Waals surface area contributed by atoms with Crippen LogP contribution in [0, 0.1) is 11.8 Å². The average Bonchev–Trinajstić information content (AvgIpc) is 3.55. The average molecular weight is 366 g/mol. The van der Waals surface area contributed by atoms with E-state index < -0.39 is 0 Å². The Kier molecular flexibility index (Phi) is 5.79. The van der Waals surface area contributed by atoms with Gasteiger partial charge in [0.05, 0.1) is 37.6 Å². The number of esters is 2. The van der Waals surface area contributed by atoms with Gasteiger partial charge in [-0.05, 0) is 63.2 Å². The quantitative estimate of drug-likeness (QED) is 0.355. The van der Waals surface area contributed by atoms with Gasteiger partial charge in [-0.1, -0.05) is 0 Å². The molecule has 0 spiro atoms. The summed E-state index contributed by atoms with van der Waals surface area (Å²) in [5.41, 5.74) is 0. The number of rotatable bonds is 9. The van der Waals surface area contributed by atoms with E-state index in [9.17, 15) is 9.59 Å². The lowest BCUT2D eigenvalue weighted by atomic mass is 9.90. The SMILES string of the molecule is O=C(CCCCC(=O)OCC1CCC2OC2C1)OCC1CCC2OC2C1. The molecule has 146 valence electrons. The van der Waals surface area contributed by atoms with Crippen molar-refractivity contribution in [1.29, 1.82) is 0 Å². The third-order valence-corrected chi connectivity index (χ3v) is 6.20. The zero-order chi connectivity index (χ0) is 17.9. The maximum absolute atomic E-state index is 11.8. The minimum absolute atomic E-state index is 0.154. The highest BCUT2D eigenvalue weighted by Crippen LogP contribution is 2.40. The van der Waals surface area contributed by atoms with E-state index in [0.29, 0.717) is 75.1 Å². The molecule has 2 heterocycles. The molecule has 0 N–H and O–H groups in total. The van der Waals surface area contributed by atoms with Gasteiger partial charge in [0.2, 0.25) is 0 Å². The van der Waals surface area contributed by atoms with Crippen molar-refractivity contribution in [3.8, 4) is 0 Å². The van der Waals surface area contributed by atoms with Crippen LogP contribution in [-0.2, 0) is 28.5 Å². The zero-order valence-electron chi connectivity index (χ0n) is 15.4. The summed E-state index contributed by atoms with van der Waals surface area (Å²) < 4.78 is 21.7. The number of hydrogen-bond acceptors (Lipinski definition) is 6. The second-order valence-electron chi connectivity index (χ2n) is 8.36. The van der Waals surface area contributed by atoms with Crippen LogP contribution in [-0.4, -0.2) is 49.6 Å². The molecule has 2 aliphatic heterocycles. The van der Waals surface area contributed by atoms with Crippen molar-refractivity contribution >= 4 is 11.9 Å². The van der Waals surface area contributed by atoms with Gasteiger partial charge in [-0.15, -0.1) is 0 Å². The fraction of sp³-hybridized carbons (Fsp3) is 0.900. The van der Waals surface area contributed by atoms with Crippen molar-refractivity contribution in [2.24, 2.45) is 11.8 Å². The molecule has 6 nitrogen and oxygen atoms in total. The van der Waals surface area contributed by atoms with Crippen LogP contribution in [0.15, 0.2) is 0 Å². The molecule has 4 rings (SSSR count). The normalized spacial score (nSPS) is 37.2. The molecule has 2 saturated heterocycles. The molecule has 0 aromatic heterocycles. The molecular weight excluding hydrogens is 336 g/mol. The molecule has 2 aliphatic carbocycles. The van der Waals surface area contributed by atoms with E-state index in [0.717, 1.165) is 38.5 Å². The minimum Gasteiger partial charge on any atom is -0.465 e. The first-order valence-electron chi connectivity index (χ1n) is 10.3. The third-order valence-electron chi connectivity index (χ3n) is 6.20. The summed E-state index contributed by atoms with van der Waals surface area (Å²) >= 11 is 0. The van der Waals surface area contributed by atoms with Crippen molar-refractivity contribution in [1.82, 2.24) is 0 Å². The predicted molar refractivity (Wildman–Crippen MR) is 92.4 cm³/mol. The summed E-state index contributed by atoms with van der Waals surface area (Å²) in [7, 11) is 0. The van der Waals surface area contributed by atoms with Gasteiger partial charge in [-0.3, -0.25) is 9.59 Å². The summed E-state index contributed by atoms with van der Waals surface area (Å²) in [5, 5.41) is 0. The molecular formula is C20H30O6. The van der Waals surface area contributed by atoms with E-state index in [-0.39, 0.29) is 11.9 Å². The minimum atomic E-state index is -0.154. The van der Waals surface area contributed by atoms with E-state index in [1.54, 1.807) is 0 Å².